The van der Waals surface area contributed by atoms with E-state index in [1.807, 2.05) is 31.6 Å². The molecule has 0 aliphatic heterocycles. The van der Waals surface area contributed by atoms with Crippen molar-refractivity contribution in [3.8, 4) is 0 Å². The molecule has 1 nitrogen and oxygen atoms in total. The van der Waals surface area contributed by atoms with Gasteiger partial charge in [-0.25, -0.2) is 0 Å². The largest absolute Gasteiger partial charge is 0.261 e. The van der Waals surface area contributed by atoms with Crippen LogP contribution in [0.15, 0.2) is 29.4 Å². The van der Waals surface area contributed by atoms with Gasteiger partial charge in [-0.2, -0.15) is 0 Å². The second kappa shape index (κ2) is 3.85. The molecule has 0 radical (unpaired) electrons. The molecular formula is C10H12O. The van der Waals surface area contributed by atoms with Crippen LogP contribution < -0.4 is 0 Å². The maximum absolute atomic E-state index is 5.01. The highest BCUT2D eigenvalue weighted by atomic mass is 16.4. The van der Waals surface area contributed by atoms with Gasteiger partial charge in [0.25, 0.3) is 6.61 Å². The van der Waals surface area contributed by atoms with Gasteiger partial charge in [-0.1, -0.05) is 6.92 Å². The molecule has 0 spiro atoms. The minimum absolute atomic E-state index is 0.674. The zero-order valence-electron chi connectivity index (χ0n) is 6.92. The molecule has 1 aliphatic rings. The first-order chi connectivity index (χ1) is 5.33. The molecule has 0 bridgehead atoms. The minimum atomic E-state index is 0.674. The molecule has 0 unspecified atom stereocenters. The summed E-state index contributed by atoms with van der Waals surface area (Å²) in [5.41, 5.74) is 2.25. The average Bonchev–Trinajstić information content (AvgIpc) is 2.04. The van der Waals surface area contributed by atoms with E-state index in [4.69, 9.17) is 4.42 Å². The third-order valence-electron chi connectivity index (χ3n) is 1.39. The van der Waals surface area contributed by atoms with E-state index in [1.165, 1.54) is 5.57 Å². The molecule has 0 amide bonds. The molecule has 0 fully saturated rings. The van der Waals surface area contributed by atoms with E-state index in [1.54, 1.807) is 0 Å². The fraction of sp³-hybridized carbons (Fsp3) is 0.300. The van der Waals surface area contributed by atoms with Crippen molar-refractivity contribution in [3.05, 3.63) is 35.8 Å². The zero-order chi connectivity index (χ0) is 8.10. The lowest BCUT2D eigenvalue weighted by Gasteiger charge is -2.06. The lowest BCUT2D eigenvalue weighted by molar-refractivity contribution is 0.127. The molecule has 0 heterocycles. The predicted octanol–water partition coefficient (Wildman–Crippen LogP) is 2.02. The summed E-state index contributed by atoms with van der Waals surface area (Å²) < 4.78 is 5.01. The summed E-state index contributed by atoms with van der Waals surface area (Å²) in [6.07, 6.45) is 8.07. The standard InChI is InChI=1S/C10H12O/c1-3-11-8-10-6-4-9(2)5-7-10/h4-7H,3H2,1-2H3. The molecular weight excluding hydrogens is 136 g/mol. The van der Waals surface area contributed by atoms with Gasteiger partial charge in [0.2, 0.25) is 5.94 Å². The van der Waals surface area contributed by atoms with E-state index in [-0.39, 0.29) is 0 Å². The van der Waals surface area contributed by atoms with Crippen LogP contribution in [0.25, 0.3) is 0 Å². The van der Waals surface area contributed by atoms with Crippen LogP contribution in [0.3, 0.4) is 0 Å². The Kier molecular flexibility index (Phi) is 2.76. The normalized spacial score (nSPS) is 15.1. The van der Waals surface area contributed by atoms with E-state index >= 15 is 0 Å². The molecule has 0 N–H and O–H groups in total. The van der Waals surface area contributed by atoms with Crippen molar-refractivity contribution in [1.29, 1.82) is 0 Å². The fourth-order valence-electron chi connectivity index (χ4n) is 0.777. The van der Waals surface area contributed by atoms with Crippen LogP contribution in [0, 0.1) is 6.42 Å². The lowest BCUT2D eigenvalue weighted by Crippen LogP contribution is -1.87. The Labute approximate surface area is 67.4 Å². The van der Waals surface area contributed by atoms with Crippen LogP contribution in [-0.4, -0.2) is 12.5 Å². The third-order valence-corrected chi connectivity index (χ3v) is 1.39. The SMILES string of the molecule is CC[O+]=C=C1C=CC(C)=C[CH-]1. The quantitative estimate of drug-likeness (QED) is 0.306. The first kappa shape index (κ1) is 7.90. The van der Waals surface area contributed by atoms with Gasteiger partial charge in [-0.15, -0.1) is 30.2 Å². The predicted molar refractivity (Wildman–Crippen MR) is 46.9 cm³/mol. The molecule has 1 aliphatic carbocycles. The van der Waals surface area contributed by atoms with Gasteiger partial charge in [0.1, 0.15) is 0 Å². The Hall–Kier alpha value is -1.20. The van der Waals surface area contributed by atoms with Gasteiger partial charge >= 0.3 is 0 Å². The van der Waals surface area contributed by atoms with Crippen LogP contribution >= 0.6 is 0 Å². The third kappa shape index (κ3) is 2.48. The Morgan fingerprint density at radius 2 is 2.36 bits per heavy atom. The topological polar surface area (TPSA) is 11.3 Å². The summed E-state index contributed by atoms with van der Waals surface area (Å²) in [6, 6.07) is 0. The summed E-state index contributed by atoms with van der Waals surface area (Å²) in [6.45, 7) is 4.68. The van der Waals surface area contributed by atoms with E-state index in [9.17, 15) is 0 Å². The molecule has 0 aromatic heterocycles. The Morgan fingerprint density at radius 3 is 2.91 bits per heavy atom. The molecule has 0 saturated heterocycles. The summed E-state index contributed by atoms with van der Waals surface area (Å²) in [5, 5.41) is 0. The van der Waals surface area contributed by atoms with Crippen molar-refractivity contribution in [1.82, 2.24) is 0 Å². The molecule has 1 rings (SSSR count). The number of allylic oxidation sites excluding steroid dienone is 5. The number of hydrogen-bond donors (Lipinski definition) is 0. The molecule has 11 heavy (non-hydrogen) atoms. The van der Waals surface area contributed by atoms with E-state index in [2.05, 4.69) is 12.9 Å². The molecule has 0 aromatic rings. The first-order valence-corrected chi connectivity index (χ1v) is 3.77. The highest BCUT2D eigenvalue weighted by Gasteiger charge is 1.90. The average molecular weight is 148 g/mol. The van der Waals surface area contributed by atoms with Gasteiger partial charge in [0.05, 0.1) is 0 Å². The van der Waals surface area contributed by atoms with Gasteiger partial charge in [0, 0.05) is 6.92 Å². The minimum Gasteiger partial charge on any atom is -0.256 e. The van der Waals surface area contributed by atoms with Crippen molar-refractivity contribution in [2.24, 2.45) is 0 Å². The maximum atomic E-state index is 5.01. The second-order valence-corrected chi connectivity index (χ2v) is 2.40. The molecule has 1 heteroatoms. The van der Waals surface area contributed by atoms with Crippen molar-refractivity contribution in [3.63, 3.8) is 0 Å². The van der Waals surface area contributed by atoms with Crippen molar-refractivity contribution >= 4 is 5.94 Å². The van der Waals surface area contributed by atoms with Gasteiger partial charge in [-0.05, 0) is 5.57 Å². The molecule has 0 saturated carbocycles. The summed E-state index contributed by atoms with van der Waals surface area (Å²) in [4.78, 5) is 0. The molecule has 0 atom stereocenters. The van der Waals surface area contributed by atoms with Crippen LogP contribution in [0.5, 0.6) is 0 Å². The maximum Gasteiger partial charge on any atom is 0.261 e. The molecule has 0 aromatic carbocycles. The smallest absolute Gasteiger partial charge is 0.256 e. The van der Waals surface area contributed by atoms with E-state index < -0.39 is 0 Å². The highest BCUT2D eigenvalue weighted by Crippen LogP contribution is 2.10. The van der Waals surface area contributed by atoms with Gasteiger partial charge < -0.3 is 0 Å². The zero-order valence-corrected chi connectivity index (χ0v) is 6.92. The Bertz CT molecular complexity index is 250. The van der Waals surface area contributed by atoms with Crippen molar-refractivity contribution in [2.45, 2.75) is 13.8 Å². The monoisotopic (exact) mass is 148 g/mol. The number of rotatable bonds is 1. The Morgan fingerprint density at radius 1 is 1.55 bits per heavy atom. The summed E-state index contributed by atoms with van der Waals surface area (Å²) in [5.74, 6) is 2.82. The van der Waals surface area contributed by atoms with Crippen molar-refractivity contribution in [2.75, 3.05) is 6.61 Å². The van der Waals surface area contributed by atoms with Crippen molar-refractivity contribution < 1.29 is 4.42 Å². The van der Waals surface area contributed by atoms with Crippen LogP contribution in [0.4, 0.5) is 0 Å². The summed E-state index contributed by atoms with van der Waals surface area (Å²) in [7, 11) is 0. The molecule has 58 valence electrons. The highest BCUT2D eigenvalue weighted by molar-refractivity contribution is 5.64. The van der Waals surface area contributed by atoms with Gasteiger partial charge in [0.15, 0.2) is 0 Å². The fourth-order valence-corrected chi connectivity index (χ4v) is 0.777. The van der Waals surface area contributed by atoms with Gasteiger partial charge in [-0.3, -0.25) is 4.42 Å². The summed E-state index contributed by atoms with van der Waals surface area (Å²) >= 11 is 0. The number of hydrogen-bond acceptors (Lipinski definition) is 0. The second-order valence-electron chi connectivity index (χ2n) is 2.40. The number of carbonyl (C=O) groups excluding carboxylic acids is 1. The first-order valence-electron chi connectivity index (χ1n) is 3.77. The lowest BCUT2D eigenvalue weighted by atomic mass is 10.1. The Balaban J connectivity index is 2.69. The van der Waals surface area contributed by atoms with Crippen LogP contribution in [0.1, 0.15) is 13.8 Å². The van der Waals surface area contributed by atoms with E-state index in [0.717, 1.165) is 5.57 Å². The van der Waals surface area contributed by atoms with E-state index in [0.29, 0.717) is 6.61 Å². The van der Waals surface area contributed by atoms with Crippen LogP contribution in [0.2, 0.25) is 0 Å². The van der Waals surface area contributed by atoms with Crippen LogP contribution in [-0.2, 0) is 4.42 Å².